The molecule has 42 heavy (non-hydrogen) atoms. The minimum absolute atomic E-state index is 0. The molecule has 8 nitrogen and oxygen atoms in total. The second-order valence-electron chi connectivity index (χ2n) is 11.2. The fourth-order valence-electron chi connectivity index (χ4n) is 6.02. The van der Waals surface area contributed by atoms with Crippen LogP contribution in [-0.4, -0.2) is 66.6 Å². The number of hydrogen-bond acceptors (Lipinski definition) is 7. The molecule has 3 aromatic rings. The van der Waals surface area contributed by atoms with Crippen LogP contribution in [0.5, 0.6) is 0 Å². The molecule has 224 valence electrons. The van der Waals surface area contributed by atoms with E-state index in [2.05, 4.69) is 29.3 Å². The third-order valence-electron chi connectivity index (χ3n) is 8.26. The fraction of sp³-hybridized carbons (Fsp3) is 0.375. The number of amides is 1. The zero-order chi connectivity index (χ0) is 30.0. The number of nitrogens with zero attached hydrogens (tertiary/aromatic N) is 4. The summed E-state index contributed by atoms with van der Waals surface area (Å²) < 4.78 is 35.0. The van der Waals surface area contributed by atoms with Gasteiger partial charge in [0.1, 0.15) is 16.8 Å². The summed E-state index contributed by atoms with van der Waals surface area (Å²) in [7, 11) is -3.25. The molecule has 2 aliphatic rings. The van der Waals surface area contributed by atoms with Gasteiger partial charge in [-0.1, -0.05) is 24.3 Å². The lowest BCUT2D eigenvalue weighted by Crippen LogP contribution is -2.49. The van der Waals surface area contributed by atoms with Gasteiger partial charge in [0.2, 0.25) is 0 Å². The van der Waals surface area contributed by atoms with Gasteiger partial charge in [0.25, 0.3) is 5.91 Å². The first-order chi connectivity index (χ1) is 20.1. The van der Waals surface area contributed by atoms with Crippen molar-refractivity contribution in [2.75, 3.05) is 60.6 Å². The van der Waals surface area contributed by atoms with E-state index in [1.165, 1.54) is 12.3 Å². The highest BCUT2D eigenvalue weighted by atomic mass is 32.2. The number of piperazine rings is 1. The molecule has 0 saturated carbocycles. The predicted molar refractivity (Wildman–Crippen MR) is 170 cm³/mol. The smallest absolute Gasteiger partial charge is 0.254 e. The molecule has 1 atom stereocenters. The Morgan fingerprint density at radius 2 is 1.62 bits per heavy atom. The zero-order valence-electron chi connectivity index (χ0n) is 24.3. The molecule has 2 heterocycles. The predicted octanol–water partition coefficient (Wildman–Crippen LogP) is 5.88. The highest BCUT2D eigenvalue weighted by molar-refractivity contribution is 7.91. The van der Waals surface area contributed by atoms with Gasteiger partial charge in [-0.25, -0.2) is 13.4 Å². The topological polar surface area (TPSA) is 104 Å². The van der Waals surface area contributed by atoms with Crippen molar-refractivity contribution in [3.63, 3.8) is 0 Å². The molecule has 1 amide bonds. The van der Waals surface area contributed by atoms with Crippen molar-refractivity contribution in [3.05, 3.63) is 82.7 Å². The van der Waals surface area contributed by atoms with Crippen molar-refractivity contribution < 1.29 is 16.2 Å². The number of carbonyl (C=O) groups excluding carboxylic acids is 1. The molecule has 0 spiro atoms. The van der Waals surface area contributed by atoms with Crippen LogP contribution in [-0.2, 0) is 9.73 Å². The first-order valence-electron chi connectivity index (χ1n) is 14.2. The Hall–Kier alpha value is -4.10. The molecule has 3 aromatic carbocycles. The van der Waals surface area contributed by atoms with Crippen molar-refractivity contribution in [3.8, 4) is 6.07 Å². The molecule has 5 rings (SSSR count). The molecule has 0 bridgehead atoms. The minimum atomic E-state index is -3.25. The van der Waals surface area contributed by atoms with Crippen LogP contribution in [0.25, 0.3) is 0 Å². The van der Waals surface area contributed by atoms with Crippen LogP contribution in [0.15, 0.2) is 59.5 Å². The van der Waals surface area contributed by atoms with Gasteiger partial charge >= 0.3 is 0 Å². The Morgan fingerprint density at radius 3 is 2.29 bits per heavy atom. The molecule has 0 radical (unpaired) electrons. The first kappa shape index (κ1) is 29.4. The van der Waals surface area contributed by atoms with Crippen LogP contribution < -0.4 is 15.1 Å². The average Bonchev–Trinajstić information content (AvgIpc) is 2.98. The van der Waals surface area contributed by atoms with Crippen LogP contribution in [0.3, 0.4) is 0 Å². The second kappa shape index (κ2) is 12.0. The van der Waals surface area contributed by atoms with Gasteiger partial charge in [-0.2, -0.15) is 5.26 Å². The lowest BCUT2D eigenvalue weighted by Gasteiger charge is -2.37. The lowest BCUT2D eigenvalue weighted by molar-refractivity contribution is 0.0746. The van der Waals surface area contributed by atoms with E-state index in [-0.39, 0.29) is 19.7 Å². The van der Waals surface area contributed by atoms with E-state index in [0.29, 0.717) is 43.0 Å². The number of rotatable bonds is 6. The molecular formula is C32H41FN6O2S. The number of nitrogens with one attached hydrogen (secondary N) is 2. The largest absolute Gasteiger partial charge is 0.382 e. The SMILES string of the molecule is Cc1cc(C)c(C(=O)N2CCN(c3cccc(F)c3[S@](C)(=N)=O)CC2)cc1NC1CCN(c2ccccc2C#N)CC1.[HH].[HH]. The minimum Gasteiger partial charge on any atom is -0.382 e. The highest BCUT2D eigenvalue weighted by Gasteiger charge is 2.28. The summed E-state index contributed by atoms with van der Waals surface area (Å²) in [5, 5.41) is 13.2. The van der Waals surface area contributed by atoms with E-state index in [1.54, 1.807) is 12.1 Å². The number of halogens is 1. The Kier molecular flexibility index (Phi) is 8.41. The van der Waals surface area contributed by atoms with Crippen molar-refractivity contribution >= 4 is 32.7 Å². The fourth-order valence-corrected chi connectivity index (χ4v) is 7.06. The van der Waals surface area contributed by atoms with Gasteiger partial charge in [0, 0.05) is 65.7 Å². The van der Waals surface area contributed by atoms with Crippen LogP contribution in [0, 0.1) is 35.8 Å². The van der Waals surface area contributed by atoms with Crippen molar-refractivity contribution in [2.24, 2.45) is 0 Å². The van der Waals surface area contributed by atoms with E-state index in [0.717, 1.165) is 48.4 Å². The average molecular weight is 593 g/mol. The number of hydrogen-bond donors (Lipinski definition) is 2. The maximum absolute atomic E-state index is 14.5. The summed E-state index contributed by atoms with van der Waals surface area (Å²) in [5.41, 5.74) is 5.76. The van der Waals surface area contributed by atoms with Gasteiger partial charge in [-0.15, -0.1) is 0 Å². The summed E-state index contributed by atoms with van der Waals surface area (Å²) in [6.45, 7) is 7.50. The molecule has 10 heteroatoms. The molecular weight excluding hydrogens is 551 g/mol. The monoisotopic (exact) mass is 592 g/mol. The second-order valence-corrected chi connectivity index (χ2v) is 13.3. The van der Waals surface area contributed by atoms with Crippen LogP contribution in [0.1, 0.15) is 42.7 Å². The Morgan fingerprint density at radius 1 is 0.976 bits per heavy atom. The Bertz CT molecular complexity index is 1650. The first-order valence-corrected chi connectivity index (χ1v) is 16.2. The maximum Gasteiger partial charge on any atom is 0.254 e. The number of anilines is 3. The standard InChI is InChI=1S/C32H37FN6O2S.2H2/c1-22-19-23(2)28(36-25-11-13-37(14-12-25)29-9-5-4-7-24(29)21-34)20-26(22)32(40)39-17-15-38(16-18-39)30-10-6-8-27(33)31(30)42(3,35)41;;/h4-10,19-20,25,35-36H,11-18H2,1-3H3;2*1H/t42-;;/m1../s1. The van der Waals surface area contributed by atoms with Crippen LogP contribution in [0.2, 0.25) is 0 Å². The number of piperidine rings is 1. The number of carbonyl (C=O) groups is 1. The lowest BCUT2D eigenvalue weighted by atomic mass is 9.99. The van der Waals surface area contributed by atoms with Crippen molar-refractivity contribution in [1.29, 1.82) is 10.0 Å². The van der Waals surface area contributed by atoms with Gasteiger partial charge in [0.05, 0.1) is 26.7 Å². The Balaban J connectivity index is 0.00000264. The summed E-state index contributed by atoms with van der Waals surface area (Å²) >= 11 is 0. The van der Waals surface area contributed by atoms with E-state index in [1.807, 2.05) is 47.1 Å². The van der Waals surface area contributed by atoms with Crippen molar-refractivity contribution in [2.45, 2.75) is 37.6 Å². The number of nitriles is 1. The normalized spacial score (nSPS) is 17.5. The molecule has 2 fully saturated rings. The van der Waals surface area contributed by atoms with Crippen molar-refractivity contribution in [1.82, 2.24) is 4.90 Å². The summed E-state index contributed by atoms with van der Waals surface area (Å²) in [4.78, 5) is 19.6. The third-order valence-corrected chi connectivity index (χ3v) is 9.45. The summed E-state index contributed by atoms with van der Waals surface area (Å²) in [6.07, 6.45) is 3.07. The molecule has 0 unspecified atom stereocenters. The summed E-state index contributed by atoms with van der Waals surface area (Å²) in [5.74, 6) is -0.682. The van der Waals surface area contributed by atoms with E-state index in [4.69, 9.17) is 4.78 Å². The number of benzene rings is 3. The molecule has 2 aliphatic heterocycles. The van der Waals surface area contributed by atoms with E-state index >= 15 is 0 Å². The van der Waals surface area contributed by atoms with Crippen LogP contribution >= 0.6 is 0 Å². The van der Waals surface area contributed by atoms with Crippen LogP contribution in [0.4, 0.5) is 21.5 Å². The Labute approximate surface area is 250 Å². The van der Waals surface area contributed by atoms with E-state index in [9.17, 15) is 18.7 Å². The third kappa shape index (κ3) is 6.07. The quantitative estimate of drug-likeness (QED) is 0.370. The summed E-state index contributed by atoms with van der Waals surface area (Å²) in [6, 6.07) is 18.8. The molecule has 0 aliphatic carbocycles. The number of aryl methyl sites for hydroxylation is 2. The van der Waals surface area contributed by atoms with Gasteiger partial charge in [0.15, 0.2) is 0 Å². The van der Waals surface area contributed by atoms with Gasteiger partial charge in [-0.05, 0) is 68.1 Å². The molecule has 2 saturated heterocycles. The van der Waals surface area contributed by atoms with Gasteiger partial charge in [-0.3, -0.25) is 4.79 Å². The van der Waals surface area contributed by atoms with E-state index < -0.39 is 15.5 Å². The molecule has 0 aromatic heterocycles. The number of para-hydroxylation sites is 1. The maximum atomic E-state index is 14.5. The highest BCUT2D eigenvalue weighted by Crippen LogP contribution is 2.31. The molecule has 2 N–H and O–H groups in total. The van der Waals surface area contributed by atoms with Gasteiger partial charge < -0.3 is 20.0 Å². The zero-order valence-corrected chi connectivity index (χ0v) is 25.1.